The molecule has 270 valence electrons. The Morgan fingerprint density at radius 2 is 0.891 bits per heavy atom. The Bertz CT molecular complexity index is 719. The molecule has 0 rings (SSSR count). The zero-order chi connectivity index (χ0) is 33.8. The lowest BCUT2D eigenvalue weighted by atomic mass is 10.0. The average Bonchev–Trinajstić information content (AvgIpc) is 3.06. The Morgan fingerprint density at radius 1 is 0.522 bits per heavy atom. The largest absolute Gasteiger partial charge is 0.394 e. The van der Waals surface area contributed by atoms with Crippen LogP contribution in [-0.2, 0) is 4.79 Å². The Balaban J connectivity index is 3.80. The van der Waals surface area contributed by atoms with Gasteiger partial charge in [-0.15, -0.1) is 0 Å². The van der Waals surface area contributed by atoms with Gasteiger partial charge in [0, 0.05) is 0 Å². The van der Waals surface area contributed by atoms with Gasteiger partial charge in [-0.3, -0.25) is 4.79 Å². The maximum absolute atomic E-state index is 12.4. The SMILES string of the molecule is CCCCCCCCCC/C=C/CC/C=C/CC/C=C/C(O)C(CO)NC(=O)C(O)CCCCCCCCCCCCCCCC. The number of hydrogen-bond acceptors (Lipinski definition) is 4. The number of amides is 1. The number of allylic oxidation sites excluding steroid dienone is 5. The molecule has 0 fully saturated rings. The summed E-state index contributed by atoms with van der Waals surface area (Å²) in [5.41, 5.74) is 0. The highest BCUT2D eigenvalue weighted by Gasteiger charge is 2.22. The number of rotatable bonds is 35. The van der Waals surface area contributed by atoms with Crippen LogP contribution in [0.15, 0.2) is 36.5 Å². The summed E-state index contributed by atoms with van der Waals surface area (Å²) in [6.45, 7) is 4.15. The van der Waals surface area contributed by atoms with Gasteiger partial charge >= 0.3 is 0 Å². The predicted molar refractivity (Wildman–Crippen MR) is 199 cm³/mol. The molecular weight excluding hydrogens is 570 g/mol. The normalized spacial score (nSPS) is 14.1. The summed E-state index contributed by atoms with van der Waals surface area (Å²) in [6, 6.07) is -0.817. The van der Waals surface area contributed by atoms with Crippen LogP contribution in [0.5, 0.6) is 0 Å². The standard InChI is InChI=1S/C41H77NO4/c1-3-5-7-9-11-13-15-17-19-20-21-22-24-25-27-29-31-33-35-39(44)38(37-43)42-41(46)40(45)36-34-32-30-28-26-23-18-16-14-12-10-8-6-4-2/h20-21,25,27,33,35,38-40,43-45H,3-19,22-24,26,28-32,34,36-37H2,1-2H3,(H,42,46)/b21-20+,27-25+,35-33+. The molecule has 0 aromatic rings. The third-order valence-corrected chi connectivity index (χ3v) is 8.96. The van der Waals surface area contributed by atoms with Crippen molar-refractivity contribution in [3.05, 3.63) is 36.5 Å². The number of unbranched alkanes of at least 4 members (excludes halogenated alkanes) is 23. The molecule has 0 saturated heterocycles. The summed E-state index contributed by atoms with van der Waals surface area (Å²) in [5, 5.41) is 33.0. The van der Waals surface area contributed by atoms with Crippen molar-refractivity contribution in [2.45, 2.75) is 212 Å². The molecule has 5 nitrogen and oxygen atoms in total. The number of carbonyl (C=O) groups excluding carboxylic acids is 1. The Labute approximate surface area is 285 Å². The van der Waals surface area contributed by atoms with Crippen molar-refractivity contribution in [1.29, 1.82) is 0 Å². The smallest absolute Gasteiger partial charge is 0.249 e. The molecule has 3 atom stereocenters. The highest BCUT2D eigenvalue weighted by atomic mass is 16.3. The van der Waals surface area contributed by atoms with E-state index < -0.39 is 24.2 Å². The molecule has 4 N–H and O–H groups in total. The van der Waals surface area contributed by atoms with Crippen LogP contribution in [0.25, 0.3) is 0 Å². The van der Waals surface area contributed by atoms with Crippen LogP contribution in [0.1, 0.15) is 194 Å². The summed E-state index contributed by atoms with van der Waals surface area (Å²) in [4.78, 5) is 12.4. The molecule has 1 amide bonds. The van der Waals surface area contributed by atoms with E-state index in [9.17, 15) is 20.1 Å². The van der Waals surface area contributed by atoms with E-state index in [2.05, 4.69) is 43.5 Å². The van der Waals surface area contributed by atoms with Gasteiger partial charge in [0.1, 0.15) is 6.10 Å². The molecule has 3 unspecified atom stereocenters. The van der Waals surface area contributed by atoms with Crippen molar-refractivity contribution >= 4 is 5.91 Å². The molecule has 0 spiro atoms. The fraction of sp³-hybridized carbons (Fsp3) is 0.829. The van der Waals surface area contributed by atoms with Gasteiger partial charge < -0.3 is 20.6 Å². The molecule has 0 radical (unpaired) electrons. The van der Waals surface area contributed by atoms with Crippen LogP contribution in [0.2, 0.25) is 0 Å². The fourth-order valence-corrected chi connectivity index (χ4v) is 5.80. The van der Waals surface area contributed by atoms with Crippen molar-refractivity contribution in [2.75, 3.05) is 6.61 Å². The minimum Gasteiger partial charge on any atom is -0.394 e. The van der Waals surface area contributed by atoms with Gasteiger partial charge in [0.25, 0.3) is 0 Å². The third-order valence-electron chi connectivity index (χ3n) is 8.96. The molecule has 0 aliphatic carbocycles. The van der Waals surface area contributed by atoms with E-state index >= 15 is 0 Å². The van der Waals surface area contributed by atoms with E-state index in [-0.39, 0.29) is 6.61 Å². The Morgan fingerprint density at radius 3 is 1.33 bits per heavy atom. The molecule has 0 saturated carbocycles. The van der Waals surface area contributed by atoms with E-state index in [1.165, 1.54) is 128 Å². The molecule has 0 aliphatic heterocycles. The molecule has 46 heavy (non-hydrogen) atoms. The summed E-state index contributed by atoms with van der Waals surface area (Å²) in [6.07, 6.45) is 44.5. The topological polar surface area (TPSA) is 89.8 Å². The highest BCUT2D eigenvalue weighted by molar-refractivity contribution is 5.80. The predicted octanol–water partition coefficient (Wildman–Crippen LogP) is 10.8. The molecule has 0 aromatic heterocycles. The first-order valence-electron chi connectivity index (χ1n) is 19.8. The van der Waals surface area contributed by atoms with Crippen molar-refractivity contribution in [3.63, 3.8) is 0 Å². The molecule has 0 aromatic carbocycles. The van der Waals surface area contributed by atoms with E-state index in [1.54, 1.807) is 6.08 Å². The van der Waals surface area contributed by atoms with Gasteiger partial charge in [-0.1, -0.05) is 185 Å². The lowest BCUT2D eigenvalue weighted by molar-refractivity contribution is -0.131. The van der Waals surface area contributed by atoms with Crippen molar-refractivity contribution < 1.29 is 20.1 Å². The molecule has 0 aliphatic rings. The van der Waals surface area contributed by atoms with Crippen LogP contribution >= 0.6 is 0 Å². The second kappa shape index (κ2) is 36.4. The van der Waals surface area contributed by atoms with Crippen LogP contribution in [-0.4, -0.2) is 46.1 Å². The molecule has 5 heteroatoms. The highest BCUT2D eigenvalue weighted by Crippen LogP contribution is 2.14. The summed E-state index contributed by atoms with van der Waals surface area (Å²) >= 11 is 0. The third kappa shape index (κ3) is 31.2. The lowest BCUT2D eigenvalue weighted by Crippen LogP contribution is -2.48. The number of carbonyl (C=O) groups is 1. The van der Waals surface area contributed by atoms with E-state index in [0.29, 0.717) is 6.42 Å². The van der Waals surface area contributed by atoms with Gasteiger partial charge in [-0.2, -0.15) is 0 Å². The maximum atomic E-state index is 12.4. The van der Waals surface area contributed by atoms with E-state index in [4.69, 9.17) is 0 Å². The first kappa shape index (κ1) is 44.6. The van der Waals surface area contributed by atoms with Crippen LogP contribution in [0, 0.1) is 0 Å². The van der Waals surface area contributed by atoms with Gasteiger partial charge in [-0.05, 0) is 44.9 Å². The first-order chi connectivity index (χ1) is 22.6. The molecule has 0 bridgehead atoms. The zero-order valence-electron chi connectivity index (χ0n) is 30.5. The summed E-state index contributed by atoms with van der Waals surface area (Å²) in [7, 11) is 0. The molecule has 0 heterocycles. The number of aliphatic hydroxyl groups excluding tert-OH is 3. The second-order valence-electron chi connectivity index (χ2n) is 13.5. The summed E-state index contributed by atoms with van der Waals surface area (Å²) < 4.78 is 0. The molecular formula is C41H77NO4. The van der Waals surface area contributed by atoms with Gasteiger partial charge in [0.05, 0.1) is 18.8 Å². The van der Waals surface area contributed by atoms with Gasteiger partial charge in [-0.25, -0.2) is 0 Å². The number of aliphatic hydroxyl groups is 3. The van der Waals surface area contributed by atoms with E-state index in [0.717, 1.165) is 44.9 Å². The lowest BCUT2D eigenvalue weighted by Gasteiger charge is -2.21. The van der Waals surface area contributed by atoms with Crippen molar-refractivity contribution in [1.82, 2.24) is 5.32 Å². The van der Waals surface area contributed by atoms with Crippen LogP contribution in [0.3, 0.4) is 0 Å². The number of nitrogens with one attached hydrogen (secondary N) is 1. The fourth-order valence-electron chi connectivity index (χ4n) is 5.80. The van der Waals surface area contributed by atoms with Gasteiger partial charge in [0.2, 0.25) is 5.91 Å². The monoisotopic (exact) mass is 648 g/mol. The van der Waals surface area contributed by atoms with E-state index in [1.807, 2.05) is 6.08 Å². The minimum absolute atomic E-state index is 0.380. The van der Waals surface area contributed by atoms with Crippen LogP contribution in [0.4, 0.5) is 0 Å². The summed E-state index contributed by atoms with van der Waals surface area (Å²) in [5.74, 6) is -0.518. The second-order valence-corrected chi connectivity index (χ2v) is 13.5. The zero-order valence-corrected chi connectivity index (χ0v) is 30.5. The minimum atomic E-state index is -1.10. The van der Waals surface area contributed by atoms with Crippen molar-refractivity contribution in [2.24, 2.45) is 0 Å². The Hall–Kier alpha value is -1.43. The van der Waals surface area contributed by atoms with Crippen LogP contribution < -0.4 is 5.32 Å². The average molecular weight is 648 g/mol. The van der Waals surface area contributed by atoms with Gasteiger partial charge in [0.15, 0.2) is 0 Å². The Kier molecular flexibility index (Phi) is 35.3. The first-order valence-corrected chi connectivity index (χ1v) is 19.8. The number of hydrogen-bond donors (Lipinski definition) is 4. The van der Waals surface area contributed by atoms with Crippen molar-refractivity contribution in [3.8, 4) is 0 Å². The quantitative estimate of drug-likeness (QED) is 0.0407. The maximum Gasteiger partial charge on any atom is 0.249 e.